The molecule has 0 spiro atoms. The molecule has 4 fully saturated rings. The molecule has 2 aliphatic heterocycles. The van der Waals surface area contributed by atoms with E-state index in [4.69, 9.17) is 0 Å². The molecule has 4 aliphatic rings. The number of fused-ring (bicyclic) bond motifs is 1. The SMILES string of the molecule is O=C(CCC1CCCC1)N1CCN(C(=O)C2CC3CCCCC3N2)CC1. The summed E-state index contributed by atoms with van der Waals surface area (Å²) in [7, 11) is 0. The van der Waals surface area contributed by atoms with Gasteiger partial charge in [0.2, 0.25) is 11.8 Å². The summed E-state index contributed by atoms with van der Waals surface area (Å²) < 4.78 is 0. The van der Waals surface area contributed by atoms with Crippen LogP contribution in [0.1, 0.15) is 70.6 Å². The van der Waals surface area contributed by atoms with Crippen LogP contribution in [0.5, 0.6) is 0 Å². The molecule has 0 bridgehead atoms. The topological polar surface area (TPSA) is 52.7 Å². The van der Waals surface area contributed by atoms with Crippen molar-refractivity contribution >= 4 is 11.8 Å². The first kappa shape index (κ1) is 18.3. The van der Waals surface area contributed by atoms with Gasteiger partial charge in [0.1, 0.15) is 0 Å². The van der Waals surface area contributed by atoms with Crippen LogP contribution in [-0.4, -0.2) is 59.9 Å². The molecule has 2 saturated heterocycles. The normalized spacial score (nSPS) is 32.7. The molecule has 1 N–H and O–H groups in total. The Morgan fingerprint density at radius 2 is 1.50 bits per heavy atom. The Bertz CT molecular complexity index is 495. The van der Waals surface area contributed by atoms with Crippen LogP contribution in [-0.2, 0) is 9.59 Å². The second-order valence-electron chi connectivity index (χ2n) is 9.00. The lowest BCUT2D eigenvalue weighted by Crippen LogP contribution is -2.54. The fourth-order valence-corrected chi connectivity index (χ4v) is 5.69. The molecule has 146 valence electrons. The third-order valence-electron chi connectivity index (χ3n) is 7.35. The highest BCUT2D eigenvalue weighted by Gasteiger charge is 2.40. The van der Waals surface area contributed by atoms with Crippen LogP contribution in [0.2, 0.25) is 0 Å². The number of carbonyl (C=O) groups excluding carboxylic acids is 2. The van der Waals surface area contributed by atoms with Crippen molar-refractivity contribution in [1.82, 2.24) is 15.1 Å². The van der Waals surface area contributed by atoms with E-state index in [0.29, 0.717) is 37.4 Å². The number of hydrogen-bond acceptors (Lipinski definition) is 3. The second-order valence-corrected chi connectivity index (χ2v) is 9.00. The summed E-state index contributed by atoms with van der Waals surface area (Å²) >= 11 is 0. The molecule has 0 aromatic carbocycles. The highest BCUT2D eigenvalue weighted by atomic mass is 16.2. The Kier molecular flexibility index (Phi) is 5.82. The van der Waals surface area contributed by atoms with Gasteiger partial charge in [-0.15, -0.1) is 0 Å². The van der Waals surface area contributed by atoms with Gasteiger partial charge in [-0.2, -0.15) is 0 Å². The van der Waals surface area contributed by atoms with E-state index in [0.717, 1.165) is 31.8 Å². The fraction of sp³-hybridized carbons (Fsp3) is 0.905. The Morgan fingerprint density at radius 3 is 2.23 bits per heavy atom. The smallest absolute Gasteiger partial charge is 0.239 e. The van der Waals surface area contributed by atoms with E-state index in [-0.39, 0.29) is 11.9 Å². The van der Waals surface area contributed by atoms with Crippen LogP contribution in [0.3, 0.4) is 0 Å². The molecule has 4 rings (SSSR count). The average Bonchev–Trinajstić information content (AvgIpc) is 3.35. The van der Waals surface area contributed by atoms with Gasteiger partial charge in [0.15, 0.2) is 0 Å². The van der Waals surface area contributed by atoms with Gasteiger partial charge < -0.3 is 15.1 Å². The number of amides is 2. The van der Waals surface area contributed by atoms with E-state index in [1.165, 1.54) is 51.4 Å². The summed E-state index contributed by atoms with van der Waals surface area (Å²) in [4.78, 5) is 29.3. The van der Waals surface area contributed by atoms with Gasteiger partial charge in [-0.05, 0) is 37.5 Å². The molecule has 3 unspecified atom stereocenters. The van der Waals surface area contributed by atoms with E-state index in [1.54, 1.807) is 0 Å². The molecule has 2 heterocycles. The van der Waals surface area contributed by atoms with Gasteiger partial charge >= 0.3 is 0 Å². The maximum absolute atomic E-state index is 12.9. The number of nitrogens with zero attached hydrogens (tertiary/aromatic N) is 2. The zero-order chi connectivity index (χ0) is 17.9. The van der Waals surface area contributed by atoms with E-state index in [9.17, 15) is 9.59 Å². The molecule has 5 nitrogen and oxygen atoms in total. The molecule has 0 aromatic rings. The van der Waals surface area contributed by atoms with Crippen molar-refractivity contribution in [1.29, 1.82) is 0 Å². The Balaban J connectivity index is 1.20. The molecule has 5 heteroatoms. The highest BCUT2D eigenvalue weighted by Crippen LogP contribution is 2.34. The molecule has 0 radical (unpaired) electrons. The van der Waals surface area contributed by atoms with Crippen LogP contribution in [0.15, 0.2) is 0 Å². The van der Waals surface area contributed by atoms with Crippen molar-refractivity contribution in [2.24, 2.45) is 11.8 Å². The lowest BCUT2D eigenvalue weighted by Gasteiger charge is -2.36. The average molecular weight is 362 g/mol. The van der Waals surface area contributed by atoms with Crippen LogP contribution in [0.4, 0.5) is 0 Å². The fourth-order valence-electron chi connectivity index (χ4n) is 5.69. The largest absolute Gasteiger partial charge is 0.339 e. The maximum atomic E-state index is 12.9. The predicted molar refractivity (Wildman–Crippen MR) is 102 cm³/mol. The van der Waals surface area contributed by atoms with Crippen molar-refractivity contribution in [3.05, 3.63) is 0 Å². The Labute approximate surface area is 157 Å². The molecule has 26 heavy (non-hydrogen) atoms. The molecule has 2 aliphatic carbocycles. The van der Waals surface area contributed by atoms with Gasteiger partial charge in [-0.3, -0.25) is 9.59 Å². The van der Waals surface area contributed by atoms with Crippen molar-refractivity contribution in [3.63, 3.8) is 0 Å². The van der Waals surface area contributed by atoms with Crippen molar-refractivity contribution in [2.45, 2.75) is 82.7 Å². The van der Waals surface area contributed by atoms with Crippen molar-refractivity contribution < 1.29 is 9.59 Å². The first-order chi connectivity index (χ1) is 12.7. The first-order valence-electron chi connectivity index (χ1n) is 11.0. The molecule has 3 atom stereocenters. The number of hydrogen-bond donors (Lipinski definition) is 1. The van der Waals surface area contributed by atoms with Gasteiger partial charge in [-0.25, -0.2) is 0 Å². The summed E-state index contributed by atoms with van der Waals surface area (Å²) in [6.07, 6.45) is 13.2. The van der Waals surface area contributed by atoms with Crippen molar-refractivity contribution in [3.8, 4) is 0 Å². The minimum Gasteiger partial charge on any atom is -0.339 e. The van der Waals surface area contributed by atoms with Gasteiger partial charge in [0.25, 0.3) is 0 Å². The number of rotatable bonds is 4. The van der Waals surface area contributed by atoms with Gasteiger partial charge in [-0.1, -0.05) is 38.5 Å². The van der Waals surface area contributed by atoms with Crippen LogP contribution in [0, 0.1) is 11.8 Å². The summed E-state index contributed by atoms with van der Waals surface area (Å²) in [6, 6.07) is 0.587. The molecule has 2 saturated carbocycles. The number of nitrogens with one attached hydrogen (secondary N) is 1. The summed E-state index contributed by atoms with van der Waals surface area (Å²) in [5, 5.41) is 3.60. The summed E-state index contributed by atoms with van der Waals surface area (Å²) in [5.41, 5.74) is 0. The van der Waals surface area contributed by atoms with Crippen LogP contribution < -0.4 is 5.32 Å². The van der Waals surface area contributed by atoms with E-state index in [2.05, 4.69) is 5.32 Å². The zero-order valence-corrected chi connectivity index (χ0v) is 16.1. The number of carbonyl (C=O) groups is 2. The highest BCUT2D eigenvalue weighted by molar-refractivity contribution is 5.83. The lowest BCUT2D eigenvalue weighted by molar-refractivity contribution is -0.140. The molecular formula is C21H35N3O2. The van der Waals surface area contributed by atoms with E-state index < -0.39 is 0 Å². The number of piperazine rings is 1. The Hall–Kier alpha value is -1.10. The first-order valence-corrected chi connectivity index (χ1v) is 11.0. The maximum Gasteiger partial charge on any atom is 0.239 e. The van der Waals surface area contributed by atoms with E-state index in [1.807, 2.05) is 9.80 Å². The summed E-state index contributed by atoms with van der Waals surface area (Å²) in [5.74, 6) is 2.06. The third kappa shape index (κ3) is 4.08. The minimum absolute atomic E-state index is 0.0210. The minimum atomic E-state index is 0.0210. The monoisotopic (exact) mass is 361 g/mol. The van der Waals surface area contributed by atoms with Gasteiger partial charge in [0, 0.05) is 38.6 Å². The molecule has 2 amide bonds. The molecular weight excluding hydrogens is 326 g/mol. The quantitative estimate of drug-likeness (QED) is 0.837. The van der Waals surface area contributed by atoms with Crippen LogP contribution >= 0.6 is 0 Å². The third-order valence-corrected chi connectivity index (χ3v) is 7.35. The van der Waals surface area contributed by atoms with Gasteiger partial charge in [0.05, 0.1) is 6.04 Å². The summed E-state index contributed by atoms with van der Waals surface area (Å²) in [6.45, 7) is 2.85. The Morgan fingerprint density at radius 1 is 0.846 bits per heavy atom. The molecule has 0 aromatic heterocycles. The van der Waals surface area contributed by atoms with Crippen LogP contribution in [0.25, 0.3) is 0 Å². The lowest BCUT2D eigenvalue weighted by atomic mass is 9.85. The second kappa shape index (κ2) is 8.28. The standard InChI is InChI=1S/C21H35N3O2/c25-20(10-9-16-5-1-2-6-16)23-11-13-24(14-12-23)21(26)19-15-17-7-3-4-8-18(17)22-19/h16-19,22H,1-15H2. The van der Waals surface area contributed by atoms with E-state index >= 15 is 0 Å². The van der Waals surface area contributed by atoms with Crippen molar-refractivity contribution in [2.75, 3.05) is 26.2 Å². The zero-order valence-electron chi connectivity index (χ0n) is 16.1. The predicted octanol–water partition coefficient (Wildman–Crippen LogP) is 2.55.